The highest BCUT2D eigenvalue weighted by molar-refractivity contribution is 6.32. The van der Waals surface area contributed by atoms with Gasteiger partial charge in [-0.2, -0.15) is 0 Å². The van der Waals surface area contributed by atoms with Crippen LogP contribution in [-0.4, -0.2) is 52.1 Å². The van der Waals surface area contributed by atoms with Gasteiger partial charge in [0.05, 0.1) is 29.9 Å². The van der Waals surface area contributed by atoms with Gasteiger partial charge in [0.15, 0.2) is 5.82 Å². The molecule has 1 N–H and O–H groups in total. The summed E-state index contributed by atoms with van der Waals surface area (Å²) in [6.07, 6.45) is 3.14. The average molecular weight is 444 g/mol. The number of pyridine rings is 1. The molecule has 8 nitrogen and oxygen atoms in total. The van der Waals surface area contributed by atoms with E-state index < -0.39 is 5.82 Å². The fraction of sp³-hybridized carbons (Fsp3) is 0.238. The highest BCUT2D eigenvalue weighted by Crippen LogP contribution is 2.33. The second-order valence-electron chi connectivity index (χ2n) is 6.85. The largest absolute Gasteiger partial charge is 0.495 e. The van der Waals surface area contributed by atoms with Gasteiger partial charge in [-0.15, -0.1) is 0 Å². The SMILES string of the molecule is C=CC(=O)N1CC[C@H](Oc2ccc3ncnc(Nc4cc(OC)c(Cl)cc4F)c3n2)C1. The molecule has 1 saturated heterocycles. The Morgan fingerprint density at radius 1 is 1.39 bits per heavy atom. The number of amides is 1. The van der Waals surface area contributed by atoms with Crippen molar-refractivity contribution in [3.8, 4) is 11.6 Å². The Labute approximate surface area is 182 Å². The predicted octanol–water partition coefficient (Wildman–Crippen LogP) is 3.74. The number of anilines is 2. The van der Waals surface area contributed by atoms with E-state index in [9.17, 15) is 9.18 Å². The normalized spacial score (nSPS) is 15.7. The number of halogens is 2. The van der Waals surface area contributed by atoms with E-state index in [1.807, 2.05) is 0 Å². The molecule has 1 aliphatic heterocycles. The zero-order valence-corrected chi connectivity index (χ0v) is 17.4. The zero-order valence-electron chi connectivity index (χ0n) is 16.6. The lowest BCUT2D eigenvalue weighted by Crippen LogP contribution is -2.29. The fourth-order valence-electron chi connectivity index (χ4n) is 3.31. The van der Waals surface area contributed by atoms with Crippen molar-refractivity contribution in [3.63, 3.8) is 0 Å². The summed E-state index contributed by atoms with van der Waals surface area (Å²) >= 11 is 5.96. The van der Waals surface area contributed by atoms with E-state index in [-0.39, 0.29) is 22.7 Å². The highest BCUT2D eigenvalue weighted by atomic mass is 35.5. The van der Waals surface area contributed by atoms with Crippen LogP contribution in [-0.2, 0) is 4.79 Å². The van der Waals surface area contributed by atoms with E-state index in [0.717, 1.165) is 6.07 Å². The summed E-state index contributed by atoms with van der Waals surface area (Å²) in [4.78, 5) is 26.3. The molecular weight excluding hydrogens is 425 g/mol. The number of carbonyl (C=O) groups is 1. The Morgan fingerprint density at radius 2 is 2.23 bits per heavy atom. The van der Waals surface area contributed by atoms with Gasteiger partial charge < -0.3 is 19.7 Å². The molecule has 3 aromatic rings. The first kappa shape index (κ1) is 20.8. The number of hydrogen-bond donors (Lipinski definition) is 1. The number of benzene rings is 1. The van der Waals surface area contributed by atoms with Crippen LogP contribution in [0.1, 0.15) is 6.42 Å². The van der Waals surface area contributed by atoms with E-state index in [1.165, 1.54) is 25.6 Å². The standard InChI is InChI=1S/C21H19ClFN5O3/c1-3-19(29)28-7-6-12(10-28)31-18-5-4-15-20(27-18)21(25-11-24-15)26-16-9-17(30-2)13(22)8-14(16)23/h3-5,8-9,11-12H,1,6-7,10H2,2H3,(H,24,25,26)/t12-/m0/s1. The van der Waals surface area contributed by atoms with Gasteiger partial charge in [0.2, 0.25) is 11.8 Å². The average Bonchev–Trinajstić information content (AvgIpc) is 3.24. The zero-order chi connectivity index (χ0) is 22.0. The van der Waals surface area contributed by atoms with Gasteiger partial charge in [-0.05, 0) is 18.2 Å². The quantitative estimate of drug-likeness (QED) is 0.580. The van der Waals surface area contributed by atoms with Crippen molar-refractivity contribution in [2.75, 3.05) is 25.5 Å². The number of methoxy groups -OCH3 is 1. The van der Waals surface area contributed by atoms with Gasteiger partial charge in [0.25, 0.3) is 0 Å². The molecule has 0 radical (unpaired) electrons. The first-order valence-electron chi connectivity index (χ1n) is 9.48. The lowest BCUT2D eigenvalue weighted by molar-refractivity contribution is -0.125. The van der Waals surface area contributed by atoms with E-state index in [1.54, 1.807) is 17.0 Å². The molecule has 3 heterocycles. The second kappa shape index (κ2) is 8.73. The maximum absolute atomic E-state index is 14.4. The minimum atomic E-state index is -0.567. The molecule has 0 aliphatic carbocycles. The summed E-state index contributed by atoms with van der Waals surface area (Å²) < 4.78 is 25.5. The highest BCUT2D eigenvalue weighted by Gasteiger charge is 2.26. The van der Waals surface area contributed by atoms with Gasteiger partial charge in [-0.1, -0.05) is 18.2 Å². The lowest BCUT2D eigenvalue weighted by atomic mass is 10.2. The summed E-state index contributed by atoms with van der Waals surface area (Å²) in [5.74, 6) is 0.285. The molecule has 1 fully saturated rings. The number of nitrogens with zero attached hydrogens (tertiary/aromatic N) is 4. The molecule has 0 bridgehead atoms. The third kappa shape index (κ3) is 4.36. The smallest absolute Gasteiger partial charge is 0.246 e. The molecule has 31 heavy (non-hydrogen) atoms. The summed E-state index contributed by atoms with van der Waals surface area (Å²) in [5.41, 5.74) is 1.09. The van der Waals surface area contributed by atoms with Crippen LogP contribution in [0.4, 0.5) is 15.9 Å². The predicted molar refractivity (Wildman–Crippen MR) is 114 cm³/mol. The van der Waals surface area contributed by atoms with E-state index in [4.69, 9.17) is 21.1 Å². The van der Waals surface area contributed by atoms with Crippen molar-refractivity contribution in [2.45, 2.75) is 12.5 Å². The molecule has 1 aromatic carbocycles. The van der Waals surface area contributed by atoms with Gasteiger partial charge >= 0.3 is 0 Å². The van der Waals surface area contributed by atoms with Crippen LogP contribution in [0.2, 0.25) is 5.02 Å². The molecule has 10 heteroatoms. The number of nitrogens with one attached hydrogen (secondary N) is 1. The molecule has 0 saturated carbocycles. The Morgan fingerprint density at radius 3 is 3.00 bits per heavy atom. The molecule has 2 aromatic heterocycles. The van der Waals surface area contributed by atoms with Crippen LogP contribution in [0.5, 0.6) is 11.6 Å². The van der Waals surface area contributed by atoms with Crippen molar-refractivity contribution in [3.05, 3.63) is 54.1 Å². The Hall–Kier alpha value is -3.46. The lowest BCUT2D eigenvalue weighted by Gasteiger charge is -2.16. The number of carbonyl (C=O) groups excluding carboxylic acids is 1. The van der Waals surface area contributed by atoms with Crippen LogP contribution in [0.3, 0.4) is 0 Å². The number of ether oxygens (including phenoxy) is 2. The van der Waals surface area contributed by atoms with Crippen molar-refractivity contribution in [1.29, 1.82) is 0 Å². The number of rotatable bonds is 6. The van der Waals surface area contributed by atoms with E-state index in [0.29, 0.717) is 48.0 Å². The monoisotopic (exact) mass is 443 g/mol. The van der Waals surface area contributed by atoms with Gasteiger partial charge in [-0.25, -0.2) is 19.3 Å². The summed E-state index contributed by atoms with van der Waals surface area (Å²) in [5, 5.41) is 3.08. The number of likely N-dealkylation sites (tertiary alicyclic amines) is 1. The minimum Gasteiger partial charge on any atom is -0.495 e. The molecule has 1 amide bonds. The molecule has 0 spiro atoms. The molecule has 160 valence electrons. The molecule has 1 aliphatic rings. The number of hydrogen-bond acceptors (Lipinski definition) is 7. The van der Waals surface area contributed by atoms with Crippen LogP contribution in [0, 0.1) is 5.82 Å². The number of aromatic nitrogens is 3. The van der Waals surface area contributed by atoms with Crippen molar-refractivity contribution in [1.82, 2.24) is 19.9 Å². The molecule has 4 rings (SSSR count). The van der Waals surface area contributed by atoms with Crippen molar-refractivity contribution in [2.24, 2.45) is 0 Å². The third-order valence-electron chi connectivity index (χ3n) is 4.87. The van der Waals surface area contributed by atoms with Crippen molar-refractivity contribution >= 4 is 40.0 Å². The van der Waals surface area contributed by atoms with Crippen molar-refractivity contribution < 1.29 is 18.7 Å². The Balaban J connectivity index is 1.60. The third-order valence-corrected chi connectivity index (χ3v) is 5.16. The molecule has 0 unspecified atom stereocenters. The first-order chi connectivity index (χ1) is 15.0. The molecule has 1 atom stereocenters. The molecular formula is C21H19ClFN5O3. The number of fused-ring (bicyclic) bond motifs is 1. The fourth-order valence-corrected chi connectivity index (χ4v) is 3.54. The van der Waals surface area contributed by atoms with Gasteiger partial charge in [0, 0.05) is 25.1 Å². The van der Waals surface area contributed by atoms with E-state index >= 15 is 0 Å². The van der Waals surface area contributed by atoms with Crippen LogP contribution in [0.15, 0.2) is 43.2 Å². The van der Waals surface area contributed by atoms with Crippen LogP contribution < -0.4 is 14.8 Å². The maximum atomic E-state index is 14.4. The summed E-state index contributed by atoms with van der Waals surface area (Å²) in [7, 11) is 1.45. The van der Waals surface area contributed by atoms with E-state index in [2.05, 4.69) is 26.8 Å². The summed E-state index contributed by atoms with van der Waals surface area (Å²) in [6, 6.07) is 6.04. The maximum Gasteiger partial charge on any atom is 0.246 e. The van der Waals surface area contributed by atoms with Crippen LogP contribution in [0.25, 0.3) is 11.0 Å². The minimum absolute atomic E-state index is 0.127. The summed E-state index contributed by atoms with van der Waals surface area (Å²) in [6.45, 7) is 4.56. The Bertz CT molecular complexity index is 1160. The van der Waals surface area contributed by atoms with Crippen LogP contribution >= 0.6 is 11.6 Å². The van der Waals surface area contributed by atoms with Gasteiger partial charge in [-0.3, -0.25) is 4.79 Å². The first-order valence-corrected chi connectivity index (χ1v) is 9.86. The topological polar surface area (TPSA) is 89.5 Å². The van der Waals surface area contributed by atoms with Gasteiger partial charge in [0.1, 0.15) is 29.5 Å². The Kier molecular flexibility index (Phi) is 5.85. The second-order valence-corrected chi connectivity index (χ2v) is 7.26.